The number of pyridine rings is 1. The first-order valence-corrected chi connectivity index (χ1v) is 6.42. The Hall–Kier alpha value is -0.410. The van der Waals surface area contributed by atoms with Gasteiger partial charge in [-0.1, -0.05) is 28.9 Å². The second-order valence-corrected chi connectivity index (χ2v) is 5.75. The zero-order valence-electron chi connectivity index (χ0n) is 9.06. The standard InChI is InChI=1S/C12H17BrN2/c1-10-6-11(13)8-15(7-10)9-12-4-2-3-5-14-12/h2-5,10-11H,6-9H2,1H3. The third-order valence-corrected chi connectivity index (χ3v) is 3.46. The highest BCUT2D eigenvalue weighted by atomic mass is 79.9. The maximum Gasteiger partial charge on any atom is 0.0543 e. The smallest absolute Gasteiger partial charge is 0.0543 e. The van der Waals surface area contributed by atoms with Crippen LogP contribution in [0.15, 0.2) is 24.4 Å². The van der Waals surface area contributed by atoms with E-state index in [4.69, 9.17) is 0 Å². The lowest BCUT2D eigenvalue weighted by Crippen LogP contribution is -2.39. The molecule has 0 saturated carbocycles. The Morgan fingerprint density at radius 1 is 1.47 bits per heavy atom. The van der Waals surface area contributed by atoms with Crippen LogP contribution in [0.3, 0.4) is 0 Å². The molecule has 1 fully saturated rings. The Bertz CT molecular complexity index is 292. The number of nitrogens with zero attached hydrogens (tertiary/aromatic N) is 2. The third-order valence-electron chi connectivity index (χ3n) is 2.80. The molecule has 0 radical (unpaired) electrons. The van der Waals surface area contributed by atoms with Crippen molar-refractivity contribution >= 4 is 15.9 Å². The van der Waals surface area contributed by atoms with Gasteiger partial charge >= 0.3 is 0 Å². The van der Waals surface area contributed by atoms with Crippen molar-refractivity contribution in [1.29, 1.82) is 0 Å². The SMILES string of the molecule is CC1CC(Br)CN(Cc2ccccn2)C1. The predicted molar refractivity (Wildman–Crippen MR) is 66.0 cm³/mol. The summed E-state index contributed by atoms with van der Waals surface area (Å²) in [5, 5.41) is 0. The van der Waals surface area contributed by atoms with Gasteiger partial charge in [-0.05, 0) is 24.5 Å². The van der Waals surface area contributed by atoms with Crippen molar-refractivity contribution < 1.29 is 0 Å². The number of hydrogen-bond donors (Lipinski definition) is 0. The van der Waals surface area contributed by atoms with E-state index in [0.29, 0.717) is 4.83 Å². The fourth-order valence-electron chi connectivity index (χ4n) is 2.23. The summed E-state index contributed by atoms with van der Waals surface area (Å²) in [6.45, 7) is 5.63. The van der Waals surface area contributed by atoms with Gasteiger partial charge in [-0.15, -0.1) is 0 Å². The number of alkyl halides is 1. The summed E-state index contributed by atoms with van der Waals surface area (Å²) in [6, 6.07) is 6.12. The molecule has 3 heteroatoms. The molecule has 0 bridgehead atoms. The highest BCUT2D eigenvalue weighted by molar-refractivity contribution is 9.09. The number of likely N-dealkylation sites (tertiary alicyclic amines) is 1. The Labute approximate surface area is 99.8 Å². The summed E-state index contributed by atoms with van der Waals surface area (Å²) in [5.74, 6) is 0.784. The van der Waals surface area contributed by atoms with Crippen LogP contribution in [0.1, 0.15) is 19.0 Å². The third kappa shape index (κ3) is 3.28. The van der Waals surface area contributed by atoms with Gasteiger partial charge in [0.05, 0.1) is 5.69 Å². The number of aromatic nitrogens is 1. The molecule has 1 aromatic rings. The first-order valence-electron chi connectivity index (χ1n) is 5.50. The van der Waals surface area contributed by atoms with Gasteiger partial charge in [0, 0.05) is 30.7 Å². The van der Waals surface area contributed by atoms with Crippen LogP contribution in [0.2, 0.25) is 0 Å². The molecule has 1 aliphatic heterocycles. The molecule has 0 N–H and O–H groups in total. The second kappa shape index (κ2) is 5.08. The van der Waals surface area contributed by atoms with Gasteiger partial charge in [-0.25, -0.2) is 0 Å². The molecule has 0 spiro atoms. The van der Waals surface area contributed by atoms with Gasteiger partial charge in [0.25, 0.3) is 0 Å². The topological polar surface area (TPSA) is 16.1 Å². The number of halogens is 1. The molecule has 0 amide bonds. The fourth-order valence-corrected chi connectivity index (χ4v) is 3.28. The minimum absolute atomic E-state index is 0.643. The van der Waals surface area contributed by atoms with Crippen LogP contribution < -0.4 is 0 Å². The molecule has 2 nitrogen and oxygen atoms in total. The minimum Gasteiger partial charge on any atom is -0.296 e. The molecule has 2 rings (SSSR count). The van der Waals surface area contributed by atoms with Crippen molar-refractivity contribution in [3.05, 3.63) is 30.1 Å². The van der Waals surface area contributed by atoms with E-state index < -0.39 is 0 Å². The van der Waals surface area contributed by atoms with Gasteiger partial charge in [-0.3, -0.25) is 9.88 Å². The Kier molecular flexibility index (Phi) is 3.76. The molecule has 82 valence electrons. The van der Waals surface area contributed by atoms with E-state index in [0.717, 1.165) is 19.0 Å². The molecule has 2 unspecified atom stereocenters. The average Bonchev–Trinajstić information content (AvgIpc) is 2.17. The number of hydrogen-bond acceptors (Lipinski definition) is 2. The lowest BCUT2D eigenvalue weighted by Gasteiger charge is -2.33. The van der Waals surface area contributed by atoms with E-state index in [1.165, 1.54) is 18.7 Å². The van der Waals surface area contributed by atoms with E-state index in [1.54, 1.807) is 0 Å². The lowest BCUT2D eigenvalue weighted by atomic mass is 10.00. The summed E-state index contributed by atoms with van der Waals surface area (Å²) in [6.07, 6.45) is 3.16. The van der Waals surface area contributed by atoms with Crippen molar-refractivity contribution in [3.8, 4) is 0 Å². The van der Waals surface area contributed by atoms with E-state index in [2.05, 4.69) is 44.9 Å². The maximum absolute atomic E-state index is 4.37. The quantitative estimate of drug-likeness (QED) is 0.767. The molecule has 2 heterocycles. The van der Waals surface area contributed by atoms with Gasteiger partial charge in [-0.2, -0.15) is 0 Å². The fraction of sp³-hybridized carbons (Fsp3) is 0.583. The molecule has 1 saturated heterocycles. The van der Waals surface area contributed by atoms with Gasteiger partial charge in [0.1, 0.15) is 0 Å². The maximum atomic E-state index is 4.37. The van der Waals surface area contributed by atoms with Crippen LogP contribution >= 0.6 is 15.9 Å². The van der Waals surface area contributed by atoms with Crippen molar-refractivity contribution in [3.63, 3.8) is 0 Å². The van der Waals surface area contributed by atoms with E-state index in [-0.39, 0.29) is 0 Å². The Morgan fingerprint density at radius 2 is 2.33 bits per heavy atom. The Balaban J connectivity index is 1.94. The normalized spacial score (nSPS) is 27.9. The number of piperidine rings is 1. The van der Waals surface area contributed by atoms with Crippen LogP contribution in [0.4, 0.5) is 0 Å². The molecule has 1 aromatic heterocycles. The first kappa shape index (κ1) is 11.1. The van der Waals surface area contributed by atoms with Gasteiger partial charge < -0.3 is 0 Å². The predicted octanol–water partition coefficient (Wildman–Crippen LogP) is 2.69. The van der Waals surface area contributed by atoms with E-state index in [1.807, 2.05) is 12.3 Å². The molecular formula is C12H17BrN2. The monoisotopic (exact) mass is 268 g/mol. The number of rotatable bonds is 2. The molecule has 15 heavy (non-hydrogen) atoms. The summed E-state index contributed by atoms with van der Waals surface area (Å²) in [7, 11) is 0. The van der Waals surface area contributed by atoms with Gasteiger partial charge in [0.2, 0.25) is 0 Å². The van der Waals surface area contributed by atoms with Crippen LogP contribution in [0.5, 0.6) is 0 Å². The minimum atomic E-state index is 0.643. The van der Waals surface area contributed by atoms with Gasteiger partial charge in [0.15, 0.2) is 0 Å². The van der Waals surface area contributed by atoms with Crippen molar-refractivity contribution in [1.82, 2.24) is 9.88 Å². The summed E-state index contributed by atoms with van der Waals surface area (Å²) < 4.78 is 0. The summed E-state index contributed by atoms with van der Waals surface area (Å²) in [5.41, 5.74) is 1.17. The van der Waals surface area contributed by atoms with Crippen molar-refractivity contribution in [2.24, 2.45) is 5.92 Å². The van der Waals surface area contributed by atoms with E-state index >= 15 is 0 Å². The summed E-state index contributed by atoms with van der Waals surface area (Å²) >= 11 is 3.72. The van der Waals surface area contributed by atoms with Crippen molar-refractivity contribution in [2.75, 3.05) is 13.1 Å². The lowest BCUT2D eigenvalue weighted by molar-refractivity contribution is 0.181. The zero-order chi connectivity index (χ0) is 10.7. The van der Waals surface area contributed by atoms with Crippen LogP contribution in [-0.2, 0) is 6.54 Å². The zero-order valence-corrected chi connectivity index (χ0v) is 10.7. The van der Waals surface area contributed by atoms with Crippen molar-refractivity contribution in [2.45, 2.75) is 24.7 Å². The molecule has 1 aliphatic rings. The Morgan fingerprint density at radius 3 is 3.00 bits per heavy atom. The first-order chi connectivity index (χ1) is 7.24. The van der Waals surface area contributed by atoms with Crippen LogP contribution in [0.25, 0.3) is 0 Å². The largest absolute Gasteiger partial charge is 0.296 e. The average molecular weight is 269 g/mol. The van der Waals surface area contributed by atoms with E-state index in [9.17, 15) is 0 Å². The van der Waals surface area contributed by atoms with Crippen LogP contribution in [0, 0.1) is 5.92 Å². The second-order valence-electron chi connectivity index (χ2n) is 4.45. The molecule has 2 atom stereocenters. The molecule has 0 aromatic carbocycles. The summed E-state index contributed by atoms with van der Waals surface area (Å²) in [4.78, 5) is 7.49. The van der Waals surface area contributed by atoms with Crippen LogP contribution in [-0.4, -0.2) is 27.8 Å². The highest BCUT2D eigenvalue weighted by Crippen LogP contribution is 2.22. The molecule has 0 aliphatic carbocycles. The highest BCUT2D eigenvalue weighted by Gasteiger charge is 2.22. The molecular weight excluding hydrogens is 252 g/mol.